The topological polar surface area (TPSA) is 98.5 Å². The van der Waals surface area contributed by atoms with Crippen LogP contribution in [0.25, 0.3) is 0 Å². The molecule has 0 aliphatic heterocycles. The predicted molar refractivity (Wildman–Crippen MR) is 75.9 cm³/mol. The maximum Gasteiger partial charge on any atom is 0.238 e. The van der Waals surface area contributed by atoms with Gasteiger partial charge in [0.25, 0.3) is 0 Å². The molecule has 6 nitrogen and oxygen atoms in total. The summed E-state index contributed by atoms with van der Waals surface area (Å²) in [4.78, 5) is 11.5. The van der Waals surface area contributed by atoms with Gasteiger partial charge in [-0.25, -0.2) is 13.6 Å². The number of hydrogen-bond acceptors (Lipinski definition) is 4. The number of primary sulfonamides is 1. The maximum absolute atomic E-state index is 11.4. The molecule has 1 rings (SSSR count). The fraction of sp³-hybridized carbons (Fsp3) is 0.462. The minimum Gasteiger partial charge on any atom is -0.493 e. The summed E-state index contributed by atoms with van der Waals surface area (Å²) in [6.07, 6.45) is 0.244. The zero-order chi connectivity index (χ0) is 15.3. The van der Waals surface area contributed by atoms with E-state index in [-0.39, 0.29) is 29.9 Å². The third-order valence-electron chi connectivity index (χ3n) is 2.50. The quantitative estimate of drug-likeness (QED) is 0.816. The van der Waals surface area contributed by atoms with Crippen molar-refractivity contribution in [3.8, 4) is 5.75 Å². The van der Waals surface area contributed by atoms with Gasteiger partial charge < -0.3 is 10.1 Å². The number of sulfonamides is 1. The van der Waals surface area contributed by atoms with E-state index >= 15 is 0 Å². The van der Waals surface area contributed by atoms with Crippen LogP contribution in [-0.2, 0) is 14.8 Å². The highest BCUT2D eigenvalue weighted by atomic mass is 32.2. The Labute approximate surface area is 119 Å². The van der Waals surface area contributed by atoms with Gasteiger partial charge in [0.05, 0.1) is 17.9 Å². The van der Waals surface area contributed by atoms with Crippen LogP contribution in [0, 0.1) is 6.92 Å². The number of amides is 1. The molecule has 0 spiro atoms. The van der Waals surface area contributed by atoms with Gasteiger partial charge >= 0.3 is 0 Å². The molecule has 20 heavy (non-hydrogen) atoms. The minimum atomic E-state index is -3.72. The monoisotopic (exact) mass is 300 g/mol. The average molecular weight is 300 g/mol. The third kappa shape index (κ3) is 5.18. The summed E-state index contributed by atoms with van der Waals surface area (Å²) in [5.41, 5.74) is 0.511. The van der Waals surface area contributed by atoms with Gasteiger partial charge in [-0.15, -0.1) is 0 Å². The van der Waals surface area contributed by atoms with Crippen molar-refractivity contribution in [2.45, 2.75) is 38.1 Å². The molecule has 0 bridgehead atoms. The van der Waals surface area contributed by atoms with Gasteiger partial charge in [-0.2, -0.15) is 0 Å². The van der Waals surface area contributed by atoms with E-state index in [0.717, 1.165) is 0 Å². The van der Waals surface area contributed by atoms with Crippen LogP contribution in [0.15, 0.2) is 23.1 Å². The van der Waals surface area contributed by atoms with E-state index in [0.29, 0.717) is 11.3 Å². The first-order valence-corrected chi connectivity index (χ1v) is 7.80. The molecular weight excluding hydrogens is 280 g/mol. The fourth-order valence-electron chi connectivity index (χ4n) is 1.69. The number of nitrogens with one attached hydrogen (secondary N) is 1. The standard InChI is InChI=1S/C13H20N2O4S/c1-9(2)15-13(16)6-7-19-11-4-5-12(10(3)8-11)20(14,17)18/h4-5,8-9H,6-7H2,1-3H3,(H,15,16)(H2,14,17,18). The average Bonchev–Trinajstić information content (AvgIpc) is 2.26. The van der Waals surface area contributed by atoms with Crippen molar-refractivity contribution in [3.63, 3.8) is 0 Å². The number of hydrogen-bond donors (Lipinski definition) is 2. The van der Waals surface area contributed by atoms with Crippen LogP contribution in [0.5, 0.6) is 5.75 Å². The summed E-state index contributed by atoms with van der Waals surface area (Å²) in [5.74, 6) is 0.421. The van der Waals surface area contributed by atoms with Gasteiger partial charge in [0.2, 0.25) is 15.9 Å². The van der Waals surface area contributed by atoms with Crippen LogP contribution >= 0.6 is 0 Å². The Kier molecular flexibility index (Phi) is 5.52. The second kappa shape index (κ2) is 6.71. The number of aryl methyl sites for hydroxylation is 1. The van der Waals surface area contributed by atoms with Crippen molar-refractivity contribution in [1.29, 1.82) is 0 Å². The molecule has 0 aliphatic rings. The first kappa shape index (κ1) is 16.5. The summed E-state index contributed by atoms with van der Waals surface area (Å²) in [6.45, 7) is 5.63. The number of ether oxygens (including phenoxy) is 1. The van der Waals surface area contributed by atoms with Gasteiger partial charge in [0, 0.05) is 6.04 Å². The van der Waals surface area contributed by atoms with E-state index in [1.54, 1.807) is 13.0 Å². The molecule has 0 fully saturated rings. The molecule has 1 aromatic carbocycles. The van der Waals surface area contributed by atoms with Crippen LogP contribution in [0.2, 0.25) is 0 Å². The maximum atomic E-state index is 11.4. The highest BCUT2D eigenvalue weighted by Gasteiger charge is 2.12. The van der Waals surface area contributed by atoms with Crippen molar-refractivity contribution in [1.82, 2.24) is 5.32 Å². The Balaban J connectivity index is 2.59. The summed E-state index contributed by atoms with van der Waals surface area (Å²) in [7, 11) is -3.72. The normalized spacial score (nSPS) is 11.4. The first-order chi connectivity index (χ1) is 9.20. The Morgan fingerprint density at radius 2 is 2.05 bits per heavy atom. The second-order valence-corrected chi connectivity index (χ2v) is 6.32. The van der Waals surface area contributed by atoms with Crippen molar-refractivity contribution >= 4 is 15.9 Å². The number of carbonyl (C=O) groups excluding carboxylic acids is 1. The zero-order valence-electron chi connectivity index (χ0n) is 11.8. The molecule has 0 unspecified atom stereocenters. The molecule has 112 valence electrons. The molecule has 1 amide bonds. The van der Waals surface area contributed by atoms with Gasteiger partial charge in [0.1, 0.15) is 5.75 Å². The number of nitrogens with two attached hydrogens (primary N) is 1. The van der Waals surface area contributed by atoms with E-state index in [9.17, 15) is 13.2 Å². The molecule has 0 atom stereocenters. The first-order valence-electron chi connectivity index (χ1n) is 6.26. The fourth-order valence-corrected chi connectivity index (χ4v) is 2.45. The van der Waals surface area contributed by atoms with Crippen molar-refractivity contribution in [3.05, 3.63) is 23.8 Å². The molecule has 3 N–H and O–H groups in total. The van der Waals surface area contributed by atoms with E-state index in [4.69, 9.17) is 9.88 Å². The SMILES string of the molecule is Cc1cc(OCCC(=O)NC(C)C)ccc1S(N)(=O)=O. The molecule has 0 aromatic heterocycles. The van der Waals surface area contributed by atoms with Crippen LogP contribution in [0.1, 0.15) is 25.8 Å². The van der Waals surface area contributed by atoms with Gasteiger partial charge in [0.15, 0.2) is 0 Å². The van der Waals surface area contributed by atoms with Crippen molar-refractivity contribution < 1.29 is 17.9 Å². The number of benzene rings is 1. The Morgan fingerprint density at radius 1 is 1.40 bits per heavy atom. The Hall–Kier alpha value is -1.60. The molecule has 0 saturated heterocycles. The van der Waals surface area contributed by atoms with E-state index < -0.39 is 10.0 Å². The van der Waals surface area contributed by atoms with Gasteiger partial charge in [-0.1, -0.05) is 0 Å². The molecule has 0 radical (unpaired) electrons. The summed E-state index contributed by atoms with van der Waals surface area (Å²) >= 11 is 0. The van der Waals surface area contributed by atoms with Crippen molar-refractivity contribution in [2.24, 2.45) is 5.14 Å². The Bertz CT molecular complexity index is 582. The molecule has 7 heteroatoms. The summed E-state index contributed by atoms with van der Waals surface area (Å²) in [5, 5.41) is 7.83. The zero-order valence-corrected chi connectivity index (χ0v) is 12.7. The van der Waals surface area contributed by atoms with Crippen LogP contribution in [-0.4, -0.2) is 27.0 Å². The largest absolute Gasteiger partial charge is 0.493 e. The highest BCUT2D eigenvalue weighted by Crippen LogP contribution is 2.20. The van der Waals surface area contributed by atoms with Crippen molar-refractivity contribution in [2.75, 3.05) is 6.61 Å². The number of carbonyl (C=O) groups is 1. The van der Waals surface area contributed by atoms with Crippen LogP contribution < -0.4 is 15.2 Å². The van der Waals surface area contributed by atoms with E-state index in [1.165, 1.54) is 12.1 Å². The minimum absolute atomic E-state index is 0.0717. The van der Waals surface area contributed by atoms with Crippen LogP contribution in [0.3, 0.4) is 0 Å². The lowest BCUT2D eigenvalue weighted by molar-refractivity contribution is -0.122. The molecule has 0 heterocycles. The molecule has 1 aromatic rings. The van der Waals surface area contributed by atoms with Gasteiger partial charge in [-0.05, 0) is 44.5 Å². The predicted octanol–water partition coefficient (Wildman–Crippen LogP) is 0.936. The second-order valence-electron chi connectivity index (χ2n) is 4.79. The van der Waals surface area contributed by atoms with Gasteiger partial charge in [-0.3, -0.25) is 4.79 Å². The molecule has 0 aliphatic carbocycles. The highest BCUT2D eigenvalue weighted by molar-refractivity contribution is 7.89. The number of rotatable bonds is 6. The molecule has 0 saturated carbocycles. The summed E-state index contributed by atoms with van der Waals surface area (Å²) < 4.78 is 27.9. The molecular formula is C13H20N2O4S. The van der Waals surface area contributed by atoms with E-state index in [2.05, 4.69) is 5.32 Å². The lowest BCUT2D eigenvalue weighted by Crippen LogP contribution is -2.31. The lowest BCUT2D eigenvalue weighted by Gasteiger charge is -2.10. The third-order valence-corrected chi connectivity index (χ3v) is 3.57. The van der Waals surface area contributed by atoms with Crippen LogP contribution in [0.4, 0.5) is 0 Å². The Morgan fingerprint density at radius 3 is 2.55 bits per heavy atom. The van der Waals surface area contributed by atoms with E-state index in [1.807, 2.05) is 13.8 Å². The lowest BCUT2D eigenvalue weighted by atomic mass is 10.2. The summed E-state index contributed by atoms with van der Waals surface area (Å²) in [6, 6.07) is 4.60. The smallest absolute Gasteiger partial charge is 0.238 e.